The zero-order chi connectivity index (χ0) is 19.2. The molecule has 5 nitrogen and oxygen atoms in total. The van der Waals surface area contributed by atoms with E-state index in [-0.39, 0.29) is 31.3 Å². The second kappa shape index (κ2) is 8.82. The average Bonchev–Trinajstić information content (AvgIpc) is 2.99. The van der Waals surface area contributed by atoms with Gasteiger partial charge in [0.25, 0.3) is 0 Å². The molecule has 0 aromatic heterocycles. The van der Waals surface area contributed by atoms with Crippen molar-refractivity contribution in [3.63, 3.8) is 0 Å². The van der Waals surface area contributed by atoms with E-state index in [1.807, 2.05) is 12.1 Å². The van der Waals surface area contributed by atoms with E-state index < -0.39 is 5.97 Å². The van der Waals surface area contributed by atoms with Gasteiger partial charge in [-0.05, 0) is 47.1 Å². The first kappa shape index (κ1) is 19.1. The average molecular weight is 367 g/mol. The second-order valence-corrected chi connectivity index (χ2v) is 6.94. The van der Waals surface area contributed by atoms with Crippen LogP contribution in [0.15, 0.2) is 42.5 Å². The molecule has 0 fully saturated rings. The number of aliphatic hydroxyl groups excluding tert-OH is 1. The molecule has 3 N–H and O–H groups in total. The van der Waals surface area contributed by atoms with Gasteiger partial charge in [0.05, 0.1) is 13.0 Å². The first-order chi connectivity index (χ1) is 13.1. The van der Waals surface area contributed by atoms with Gasteiger partial charge in [-0.3, -0.25) is 9.59 Å². The third kappa shape index (κ3) is 4.55. The van der Waals surface area contributed by atoms with Crippen LogP contribution in [0.5, 0.6) is 0 Å². The molecule has 0 spiro atoms. The van der Waals surface area contributed by atoms with E-state index >= 15 is 0 Å². The lowest BCUT2D eigenvalue weighted by atomic mass is 9.95. The number of aliphatic hydroxyl groups is 1. The topological polar surface area (TPSA) is 86.6 Å². The maximum atomic E-state index is 11.5. The Labute approximate surface area is 159 Å². The number of nitrogens with one attached hydrogen (secondary N) is 1. The predicted octanol–water partition coefficient (Wildman–Crippen LogP) is 3.09. The summed E-state index contributed by atoms with van der Waals surface area (Å²) in [6.45, 7) is 0.671. The van der Waals surface area contributed by atoms with E-state index in [0.717, 1.165) is 19.3 Å². The minimum Gasteiger partial charge on any atom is -0.481 e. The van der Waals surface area contributed by atoms with Gasteiger partial charge in [0.15, 0.2) is 0 Å². The lowest BCUT2D eigenvalue weighted by molar-refractivity contribution is -0.138. The fourth-order valence-corrected chi connectivity index (χ4v) is 3.70. The molecule has 2 aromatic rings. The molecule has 3 rings (SSSR count). The number of amides is 1. The van der Waals surface area contributed by atoms with E-state index in [1.165, 1.54) is 27.8 Å². The molecule has 1 aliphatic carbocycles. The maximum Gasteiger partial charge on any atom is 0.303 e. The predicted molar refractivity (Wildman–Crippen MR) is 104 cm³/mol. The van der Waals surface area contributed by atoms with E-state index in [9.17, 15) is 14.7 Å². The third-order valence-electron chi connectivity index (χ3n) is 5.08. The van der Waals surface area contributed by atoms with Crippen LogP contribution in [-0.4, -0.2) is 35.2 Å². The van der Waals surface area contributed by atoms with Gasteiger partial charge in [-0.15, -0.1) is 0 Å². The van der Waals surface area contributed by atoms with Crippen LogP contribution in [0.25, 0.3) is 11.1 Å². The molecule has 0 bridgehead atoms. The minimum atomic E-state index is -0.954. The van der Waals surface area contributed by atoms with Gasteiger partial charge < -0.3 is 15.5 Å². The summed E-state index contributed by atoms with van der Waals surface area (Å²) in [5, 5.41) is 21.2. The van der Waals surface area contributed by atoms with E-state index in [2.05, 4.69) is 35.6 Å². The molecule has 142 valence electrons. The van der Waals surface area contributed by atoms with Crippen LogP contribution in [-0.2, 0) is 16.0 Å². The number of fused-ring (bicyclic) bond motifs is 3. The van der Waals surface area contributed by atoms with Crippen LogP contribution < -0.4 is 5.32 Å². The summed E-state index contributed by atoms with van der Waals surface area (Å²) in [7, 11) is 0. The lowest BCUT2D eigenvalue weighted by Gasteiger charge is -2.11. The number of aryl methyl sites for hydroxylation is 1. The molecule has 1 atom stereocenters. The molecule has 5 heteroatoms. The highest BCUT2D eigenvalue weighted by Crippen LogP contribution is 2.44. The molecular weight excluding hydrogens is 342 g/mol. The Hall–Kier alpha value is -2.66. The molecule has 27 heavy (non-hydrogen) atoms. The van der Waals surface area contributed by atoms with Gasteiger partial charge in [-0.1, -0.05) is 42.5 Å². The molecule has 1 unspecified atom stereocenters. The Bertz CT molecular complexity index is 831. The van der Waals surface area contributed by atoms with Crippen LogP contribution in [0, 0.1) is 0 Å². The second-order valence-electron chi connectivity index (χ2n) is 6.94. The number of rotatable bonds is 9. The van der Waals surface area contributed by atoms with Crippen molar-refractivity contribution >= 4 is 11.9 Å². The smallest absolute Gasteiger partial charge is 0.303 e. The van der Waals surface area contributed by atoms with Crippen LogP contribution in [0.4, 0.5) is 0 Å². The van der Waals surface area contributed by atoms with Gasteiger partial charge in [0.2, 0.25) is 5.91 Å². The third-order valence-corrected chi connectivity index (χ3v) is 5.08. The minimum absolute atomic E-state index is 0.0310. The molecule has 1 aliphatic rings. The van der Waals surface area contributed by atoms with Crippen LogP contribution >= 0.6 is 0 Å². The van der Waals surface area contributed by atoms with Crippen molar-refractivity contribution < 1.29 is 19.8 Å². The summed E-state index contributed by atoms with van der Waals surface area (Å²) in [6.07, 6.45) is 2.60. The highest BCUT2D eigenvalue weighted by Gasteiger charge is 2.27. The van der Waals surface area contributed by atoms with Crippen molar-refractivity contribution in [2.75, 3.05) is 13.2 Å². The molecule has 1 amide bonds. The number of unbranched alkanes of at least 4 members (excludes halogenated alkanes) is 1. The first-order valence-electron chi connectivity index (χ1n) is 9.41. The van der Waals surface area contributed by atoms with Crippen LogP contribution in [0.3, 0.4) is 0 Å². The van der Waals surface area contributed by atoms with Gasteiger partial charge >= 0.3 is 5.97 Å². The Kier molecular flexibility index (Phi) is 6.24. The highest BCUT2D eigenvalue weighted by atomic mass is 16.4. The standard InChI is InChI=1S/C22H25NO4/c24-14-20-17-7-2-1-6-16(17)18-9-8-15(13-19(18)20)5-3-4-12-23-21(25)10-11-22(26)27/h1-2,6-9,13,20,24H,3-5,10-12,14H2,(H,23,25)(H,26,27). The number of carboxylic acid groups (broad SMARTS) is 1. The molecule has 0 heterocycles. The van der Waals surface area contributed by atoms with Crippen molar-refractivity contribution in [3.8, 4) is 11.1 Å². The van der Waals surface area contributed by atoms with Crippen molar-refractivity contribution in [1.82, 2.24) is 5.32 Å². The lowest BCUT2D eigenvalue weighted by Crippen LogP contribution is -2.24. The van der Waals surface area contributed by atoms with Crippen LogP contribution in [0.1, 0.15) is 48.3 Å². The van der Waals surface area contributed by atoms with Crippen molar-refractivity contribution in [1.29, 1.82) is 0 Å². The number of hydrogen-bond donors (Lipinski definition) is 3. The normalized spacial score (nSPS) is 14.5. The Morgan fingerprint density at radius 2 is 1.74 bits per heavy atom. The van der Waals surface area contributed by atoms with E-state index in [4.69, 9.17) is 5.11 Å². The zero-order valence-electron chi connectivity index (χ0n) is 15.3. The Balaban J connectivity index is 1.51. The summed E-state index contributed by atoms with van der Waals surface area (Å²) < 4.78 is 0. The Morgan fingerprint density at radius 1 is 0.963 bits per heavy atom. The van der Waals surface area contributed by atoms with Crippen molar-refractivity contribution in [2.45, 2.75) is 38.0 Å². The fourth-order valence-electron chi connectivity index (χ4n) is 3.70. The summed E-state index contributed by atoms with van der Waals surface area (Å²) in [6, 6.07) is 14.7. The summed E-state index contributed by atoms with van der Waals surface area (Å²) in [5.74, 6) is -1.12. The van der Waals surface area contributed by atoms with Crippen LogP contribution in [0.2, 0.25) is 0 Å². The zero-order valence-corrected chi connectivity index (χ0v) is 15.3. The molecule has 0 aliphatic heterocycles. The summed E-state index contributed by atoms with van der Waals surface area (Å²) in [4.78, 5) is 21.9. The number of carboxylic acids is 1. The monoisotopic (exact) mass is 367 g/mol. The highest BCUT2D eigenvalue weighted by molar-refractivity contribution is 5.80. The van der Waals surface area contributed by atoms with Gasteiger partial charge in [0, 0.05) is 18.9 Å². The molecule has 0 saturated carbocycles. The fraction of sp³-hybridized carbons (Fsp3) is 0.364. The number of benzene rings is 2. The van der Waals surface area contributed by atoms with Crippen molar-refractivity contribution in [2.24, 2.45) is 0 Å². The SMILES string of the molecule is O=C(O)CCC(=O)NCCCCc1ccc2c(c1)C(CO)c1ccccc1-2. The largest absolute Gasteiger partial charge is 0.481 e. The molecule has 0 saturated heterocycles. The molecular formula is C22H25NO4. The van der Waals surface area contributed by atoms with Crippen molar-refractivity contribution in [3.05, 3.63) is 59.2 Å². The summed E-state index contributed by atoms with van der Waals surface area (Å²) in [5.41, 5.74) is 6.04. The van der Waals surface area contributed by atoms with Gasteiger partial charge in [-0.2, -0.15) is 0 Å². The molecule has 2 aromatic carbocycles. The first-order valence-corrected chi connectivity index (χ1v) is 9.41. The van der Waals surface area contributed by atoms with Gasteiger partial charge in [-0.25, -0.2) is 0 Å². The quantitative estimate of drug-likeness (QED) is 0.595. The Morgan fingerprint density at radius 3 is 2.52 bits per heavy atom. The van der Waals surface area contributed by atoms with Gasteiger partial charge in [0.1, 0.15) is 0 Å². The number of carbonyl (C=O) groups is 2. The number of hydrogen-bond acceptors (Lipinski definition) is 3. The van der Waals surface area contributed by atoms with E-state index in [0.29, 0.717) is 6.54 Å². The number of carbonyl (C=O) groups excluding carboxylic acids is 1. The maximum absolute atomic E-state index is 11.5. The van der Waals surface area contributed by atoms with E-state index in [1.54, 1.807) is 0 Å². The molecule has 0 radical (unpaired) electrons. The number of aliphatic carboxylic acids is 1. The summed E-state index contributed by atoms with van der Waals surface area (Å²) >= 11 is 0.